The van der Waals surface area contributed by atoms with Crippen molar-refractivity contribution in [3.63, 3.8) is 0 Å². The number of likely N-dealkylation sites (N-methyl/N-ethyl adjacent to an activating group) is 1. The highest BCUT2D eigenvalue weighted by atomic mass is 16.6. The zero-order valence-electron chi connectivity index (χ0n) is 41.6. The van der Waals surface area contributed by atoms with Gasteiger partial charge in [-0.15, -0.1) is 0 Å². The number of carboxylic acid groups (broad SMARTS) is 1. The first-order valence-corrected chi connectivity index (χ1v) is 26.4. The zero-order chi connectivity index (χ0) is 45.6. The number of quaternary nitrogens is 1. The van der Waals surface area contributed by atoms with E-state index >= 15 is 0 Å². The Morgan fingerprint density at radius 1 is 0.484 bits per heavy atom. The van der Waals surface area contributed by atoms with Crippen molar-refractivity contribution < 1.29 is 38.2 Å². The Morgan fingerprint density at radius 2 is 0.839 bits per heavy atom. The summed E-state index contributed by atoms with van der Waals surface area (Å²) in [5, 5.41) is 9.65. The van der Waals surface area contributed by atoms with Crippen LogP contribution in [0.5, 0.6) is 0 Å². The summed E-state index contributed by atoms with van der Waals surface area (Å²) in [6.45, 7) is 4.74. The maximum absolute atomic E-state index is 12.8. The predicted octanol–water partition coefficient (Wildman–Crippen LogP) is 15.2. The second-order valence-corrected chi connectivity index (χ2v) is 19.2. The summed E-state index contributed by atoms with van der Waals surface area (Å²) in [6.07, 6.45) is 52.3. The molecule has 8 heteroatoms. The topological polar surface area (TPSA) is 99.1 Å². The molecule has 0 heterocycles. The van der Waals surface area contributed by atoms with Gasteiger partial charge in [0.25, 0.3) is 0 Å². The summed E-state index contributed by atoms with van der Waals surface area (Å²) in [5.74, 6) is -1.46. The van der Waals surface area contributed by atoms with E-state index < -0.39 is 18.1 Å². The van der Waals surface area contributed by atoms with E-state index in [1.807, 2.05) is 21.1 Å². The smallest absolute Gasteiger partial charge is 0.362 e. The molecule has 364 valence electrons. The van der Waals surface area contributed by atoms with Crippen LogP contribution in [0, 0.1) is 0 Å². The van der Waals surface area contributed by atoms with Crippen LogP contribution in [0.4, 0.5) is 0 Å². The molecule has 0 aromatic rings. The van der Waals surface area contributed by atoms with E-state index in [-0.39, 0.29) is 36.2 Å². The molecule has 0 aliphatic rings. The third kappa shape index (κ3) is 43.1. The van der Waals surface area contributed by atoms with Crippen LogP contribution in [-0.2, 0) is 28.6 Å². The van der Waals surface area contributed by atoms with Gasteiger partial charge in [0.15, 0.2) is 12.1 Å². The van der Waals surface area contributed by atoms with E-state index in [1.165, 1.54) is 167 Å². The van der Waals surface area contributed by atoms with Crippen LogP contribution >= 0.6 is 0 Å². The van der Waals surface area contributed by atoms with E-state index in [4.69, 9.17) is 14.2 Å². The molecular weight excluding hydrogens is 775 g/mol. The molecule has 0 fully saturated rings. The number of carboxylic acids is 1. The Hall–Kier alpha value is -2.19. The number of carbonyl (C=O) groups is 3. The predicted molar refractivity (Wildman–Crippen MR) is 262 cm³/mol. The minimum Gasteiger partial charge on any atom is -0.477 e. The molecule has 0 saturated carbocycles. The van der Waals surface area contributed by atoms with E-state index in [0.29, 0.717) is 19.3 Å². The highest BCUT2D eigenvalue weighted by Crippen LogP contribution is 2.17. The van der Waals surface area contributed by atoms with E-state index in [9.17, 15) is 19.5 Å². The van der Waals surface area contributed by atoms with Gasteiger partial charge in [-0.25, -0.2) is 4.79 Å². The van der Waals surface area contributed by atoms with Gasteiger partial charge in [-0.3, -0.25) is 9.59 Å². The van der Waals surface area contributed by atoms with Crippen LogP contribution in [-0.4, -0.2) is 80.6 Å². The molecule has 1 N–H and O–H groups in total. The normalized spacial score (nSPS) is 13.0. The van der Waals surface area contributed by atoms with Crippen molar-refractivity contribution in [2.24, 2.45) is 0 Å². The van der Waals surface area contributed by atoms with Crippen molar-refractivity contribution >= 4 is 17.9 Å². The molecular formula is C54H102NO7+. The van der Waals surface area contributed by atoms with Gasteiger partial charge in [0.1, 0.15) is 6.61 Å². The average molecular weight is 877 g/mol. The number of hydrogen-bond donors (Lipinski definition) is 1. The van der Waals surface area contributed by atoms with Gasteiger partial charge in [0.05, 0.1) is 34.4 Å². The Balaban J connectivity index is 4.15. The van der Waals surface area contributed by atoms with Gasteiger partial charge in [0, 0.05) is 19.3 Å². The largest absolute Gasteiger partial charge is 0.477 e. The Morgan fingerprint density at radius 3 is 1.24 bits per heavy atom. The van der Waals surface area contributed by atoms with Crippen molar-refractivity contribution in [1.29, 1.82) is 0 Å². The third-order valence-corrected chi connectivity index (χ3v) is 12.1. The van der Waals surface area contributed by atoms with E-state index in [0.717, 1.165) is 51.4 Å². The molecule has 0 aromatic carbocycles. The van der Waals surface area contributed by atoms with Crippen LogP contribution in [0.25, 0.3) is 0 Å². The molecule has 0 rings (SSSR count). The standard InChI is InChI=1S/C54H101NO7/c1-6-8-10-12-14-16-18-20-22-23-24-25-26-27-28-29-31-32-34-36-38-40-42-44-52(56)61-49-50(48-60-47-46-51(54(58)59)55(3,4)5)62-53(57)45-43-41-39-37-35-33-30-21-19-17-15-13-11-9-7-2/h15,17,19,21,50-51H,6-14,16,18,20,22-49H2,1-5H3/p+1/b17-15+,21-19+. The molecule has 0 aromatic heterocycles. The monoisotopic (exact) mass is 877 g/mol. The fourth-order valence-corrected chi connectivity index (χ4v) is 8.03. The van der Waals surface area contributed by atoms with Crippen LogP contribution in [0.15, 0.2) is 24.3 Å². The van der Waals surface area contributed by atoms with Gasteiger partial charge < -0.3 is 23.8 Å². The number of ether oxygens (including phenoxy) is 3. The first kappa shape index (κ1) is 59.8. The third-order valence-electron chi connectivity index (χ3n) is 12.1. The number of nitrogens with zero attached hydrogens (tertiary/aromatic N) is 1. The van der Waals surface area contributed by atoms with Crippen molar-refractivity contribution in [2.45, 2.75) is 264 Å². The lowest BCUT2D eigenvalue weighted by atomic mass is 10.0. The molecule has 8 nitrogen and oxygen atoms in total. The fourth-order valence-electron chi connectivity index (χ4n) is 8.03. The second-order valence-electron chi connectivity index (χ2n) is 19.2. The summed E-state index contributed by atoms with van der Waals surface area (Å²) in [7, 11) is 5.54. The molecule has 62 heavy (non-hydrogen) atoms. The van der Waals surface area contributed by atoms with Gasteiger partial charge in [-0.2, -0.15) is 0 Å². The molecule has 2 atom stereocenters. The number of allylic oxidation sites excluding steroid dienone is 4. The van der Waals surface area contributed by atoms with Crippen molar-refractivity contribution in [3.8, 4) is 0 Å². The molecule has 0 radical (unpaired) electrons. The number of esters is 2. The number of unbranched alkanes of at least 4 members (excludes halogenated alkanes) is 31. The van der Waals surface area contributed by atoms with Crippen molar-refractivity contribution in [3.05, 3.63) is 24.3 Å². The maximum Gasteiger partial charge on any atom is 0.362 e. The second kappa shape index (κ2) is 45.4. The van der Waals surface area contributed by atoms with E-state index in [1.54, 1.807) is 0 Å². The lowest BCUT2D eigenvalue weighted by molar-refractivity contribution is -0.887. The van der Waals surface area contributed by atoms with E-state index in [2.05, 4.69) is 38.2 Å². The molecule has 0 saturated heterocycles. The lowest BCUT2D eigenvalue weighted by Gasteiger charge is -2.31. The molecule has 2 unspecified atom stereocenters. The van der Waals surface area contributed by atoms with Crippen molar-refractivity contribution in [1.82, 2.24) is 0 Å². The number of carbonyl (C=O) groups excluding carboxylic acids is 2. The number of hydrogen-bond acceptors (Lipinski definition) is 6. The quantitative estimate of drug-likeness (QED) is 0.0281. The molecule has 0 aliphatic heterocycles. The zero-order valence-corrected chi connectivity index (χ0v) is 41.6. The maximum atomic E-state index is 12.8. The van der Waals surface area contributed by atoms with Gasteiger partial charge in [-0.05, 0) is 38.5 Å². The molecule has 0 amide bonds. The molecule has 0 bridgehead atoms. The highest BCUT2D eigenvalue weighted by molar-refractivity contribution is 5.72. The fraction of sp³-hybridized carbons (Fsp3) is 0.870. The minimum absolute atomic E-state index is 0.0509. The Labute approximate surface area is 383 Å². The number of rotatable bonds is 48. The summed E-state index contributed by atoms with van der Waals surface area (Å²) in [4.78, 5) is 37.1. The highest BCUT2D eigenvalue weighted by Gasteiger charge is 2.31. The Bertz CT molecular complexity index is 1070. The summed E-state index contributed by atoms with van der Waals surface area (Å²) in [6, 6.07) is -0.615. The summed E-state index contributed by atoms with van der Waals surface area (Å²) < 4.78 is 17.4. The van der Waals surface area contributed by atoms with Crippen molar-refractivity contribution in [2.75, 3.05) is 41.0 Å². The van der Waals surface area contributed by atoms with Crippen LogP contribution in [0.2, 0.25) is 0 Å². The van der Waals surface area contributed by atoms with Crippen LogP contribution < -0.4 is 0 Å². The minimum atomic E-state index is -0.874. The first-order valence-electron chi connectivity index (χ1n) is 26.4. The number of aliphatic carboxylic acids is 1. The van der Waals surface area contributed by atoms with Gasteiger partial charge >= 0.3 is 17.9 Å². The summed E-state index contributed by atoms with van der Waals surface area (Å²) in [5.41, 5.74) is 0. The SMILES string of the molecule is CCCCC/C=C/C=C/CCCCCCCCC(=O)OC(COCCC(C(=O)O)[N+](C)(C)C)COC(=O)CCCCCCCCCCCCCCCCCCCCCCCCC. The Kier molecular flexibility index (Phi) is 43.8. The molecule has 0 spiro atoms. The molecule has 0 aliphatic carbocycles. The van der Waals surface area contributed by atoms with Gasteiger partial charge in [-0.1, -0.05) is 218 Å². The van der Waals surface area contributed by atoms with Crippen LogP contribution in [0.3, 0.4) is 0 Å². The van der Waals surface area contributed by atoms with Gasteiger partial charge in [0.2, 0.25) is 0 Å². The van der Waals surface area contributed by atoms with Crippen LogP contribution in [0.1, 0.15) is 251 Å². The average Bonchev–Trinajstić information content (AvgIpc) is 3.23. The first-order chi connectivity index (χ1) is 30.1. The lowest BCUT2D eigenvalue weighted by Crippen LogP contribution is -2.50. The summed E-state index contributed by atoms with van der Waals surface area (Å²) >= 11 is 0.